The number of benzene rings is 1. The molecule has 1 N–H and O–H groups in total. The zero-order chi connectivity index (χ0) is 15.2. The molecule has 2 rings (SSSR count). The van der Waals surface area contributed by atoms with Crippen LogP contribution in [0.1, 0.15) is 58.4 Å². The van der Waals surface area contributed by atoms with E-state index in [1.807, 2.05) is 6.07 Å². The molecule has 118 valence electrons. The summed E-state index contributed by atoms with van der Waals surface area (Å²) in [5.41, 5.74) is 2.60. The summed E-state index contributed by atoms with van der Waals surface area (Å²) in [6.07, 6.45) is 6.51. The number of piperidine rings is 1. The molecule has 0 amide bonds. The highest BCUT2D eigenvalue weighted by Crippen LogP contribution is 2.33. The van der Waals surface area contributed by atoms with Gasteiger partial charge in [0.2, 0.25) is 0 Å². The van der Waals surface area contributed by atoms with Gasteiger partial charge in [-0.15, -0.1) is 0 Å². The Labute approximate surface area is 134 Å². The minimum absolute atomic E-state index is 0.474. The first-order chi connectivity index (χ1) is 10.1. The predicted molar refractivity (Wildman–Crippen MR) is 93.3 cm³/mol. The number of hydrogen-bond acceptors (Lipinski definition) is 2. The second-order valence-electron chi connectivity index (χ2n) is 6.40. The monoisotopic (exact) mass is 308 g/mol. The molecule has 1 unspecified atom stereocenters. The largest absolute Gasteiger partial charge is 0.368 e. The topological polar surface area (TPSA) is 15.3 Å². The second-order valence-corrected chi connectivity index (χ2v) is 6.81. The molecule has 3 heteroatoms. The van der Waals surface area contributed by atoms with E-state index in [-0.39, 0.29) is 0 Å². The maximum atomic E-state index is 6.49. The van der Waals surface area contributed by atoms with E-state index in [9.17, 15) is 0 Å². The van der Waals surface area contributed by atoms with Crippen LogP contribution in [0.2, 0.25) is 5.02 Å². The summed E-state index contributed by atoms with van der Waals surface area (Å²) >= 11 is 6.49. The number of nitrogens with zero attached hydrogens (tertiary/aromatic N) is 1. The summed E-state index contributed by atoms with van der Waals surface area (Å²) in [5, 5.41) is 4.41. The lowest BCUT2D eigenvalue weighted by Gasteiger charge is -2.39. The molecule has 1 aromatic rings. The second kappa shape index (κ2) is 8.05. The van der Waals surface area contributed by atoms with Crippen LogP contribution in [0, 0.1) is 0 Å². The smallest absolute Gasteiger partial charge is 0.0471 e. The van der Waals surface area contributed by atoms with Gasteiger partial charge in [0.25, 0.3) is 0 Å². The molecule has 0 bridgehead atoms. The van der Waals surface area contributed by atoms with Crippen molar-refractivity contribution in [3.63, 3.8) is 0 Å². The normalized spacial score (nSPS) is 19.3. The quantitative estimate of drug-likeness (QED) is 0.796. The molecule has 1 saturated heterocycles. The fourth-order valence-electron chi connectivity index (χ4n) is 3.25. The van der Waals surface area contributed by atoms with E-state index in [0.29, 0.717) is 12.1 Å². The van der Waals surface area contributed by atoms with Crippen LogP contribution in [0.15, 0.2) is 18.2 Å². The molecule has 1 aliphatic rings. The lowest BCUT2D eigenvalue weighted by Crippen LogP contribution is -2.40. The van der Waals surface area contributed by atoms with Gasteiger partial charge in [-0.3, -0.25) is 0 Å². The van der Waals surface area contributed by atoms with Gasteiger partial charge in [0, 0.05) is 41.4 Å². The van der Waals surface area contributed by atoms with Gasteiger partial charge in [0.1, 0.15) is 0 Å². The molecule has 1 aliphatic heterocycles. The van der Waals surface area contributed by atoms with Crippen molar-refractivity contribution in [2.24, 2.45) is 0 Å². The molecular formula is C18H29ClN2. The molecule has 1 heterocycles. The van der Waals surface area contributed by atoms with Crippen LogP contribution in [-0.2, 0) is 6.54 Å². The summed E-state index contributed by atoms with van der Waals surface area (Å²) in [6.45, 7) is 8.66. The standard InChI is InChI=1S/C18H29ClN2/c1-4-8-15-9-5-6-12-21(15)18-11-7-10-17(19)16(18)13-20-14(2)3/h7,10-11,14-15,20H,4-6,8-9,12-13H2,1-3H3. The number of nitrogens with one attached hydrogen (secondary N) is 1. The Morgan fingerprint density at radius 2 is 2.14 bits per heavy atom. The van der Waals surface area contributed by atoms with Crippen molar-refractivity contribution in [1.29, 1.82) is 0 Å². The molecular weight excluding hydrogens is 280 g/mol. The van der Waals surface area contributed by atoms with E-state index in [0.717, 1.165) is 11.6 Å². The van der Waals surface area contributed by atoms with Crippen LogP contribution < -0.4 is 10.2 Å². The number of anilines is 1. The summed E-state index contributed by atoms with van der Waals surface area (Å²) in [4.78, 5) is 2.61. The summed E-state index contributed by atoms with van der Waals surface area (Å²) in [6, 6.07) is 7.51. The van der Waals surface area contributed by atoms with E-state index in [1.54, 1.807) is 0 Å². The average molecular weight is 309 g/mol. The molecule has 0 radical (unpaired) electrons. The Bertz CT molecular complexity index is 443. The van der Waals surface area contributed by atoms with Gasteiger partial charge >= 0.3 is 0 Å². The van der Waals surface area contributed by atoms with Crippen molar-refractivity contribution in [1.82, 2.24) is 5.32 Å². The fourth-order valence-corrected chi connectivity index (χ4v) is 3.48. The molecule has 1 aromatic carbocycles. The number of halogens is 1. The van der Waals surface area contributed by atoms with Crippen molar-refractivity contribution in [3.05, 3.63) is 28.8 Å². The van der Waals surface area contributed by atoms with Gasteiger partial charge in [-0.25, -0.2) is 0 Å². The van der Waals surface area contributed by atoms with E-state index in [2.05, 4.69) is 43.1 Å². The van der Waals surface area contributed by atoms with Gasteiger partial charge < -0.3 is 10.2 Å². The summed E-state index contributed by atoms with van der Waals surface area (Å²) < 4.78 is 0. The molecule has 21 heavy (non-hydrogen) atoms. The molecule has 0 aliphatic carbocycles. The van der Waals surface area contributed by atoms with Gasteiger partial charge in [0.05, 0.1) is 0 Å². The van der Waals surface area contributed by atoms with Gasteiger partial charge in [-0.1, -0.05) is 44.9 Å². The molecule has 0 spiro atoms. The van der Waals surface area contributed by atoms with Crippen LogP contribution in [0.5, 0.6) is 0 Å². The Balaban J connectivity index is 2.25. The van der Waals surface area contributed by atoms with E-state index in [4.69, 9.17) is 11.6 Å². The maximum absolute atomic E-state index is 6.49. The Kier molecular flexibility index (Phi) is 6.38. The van der Waals surface area contributed by atoms with Crippen LogP contribution in [0.25, 0.3) is 0 Å². The molecule has 1 atom stereocenters. The third-order valence-corrected chi connectivity index (χ3v) is 4.69. The Hall–Kier alpha value is -0.730. The average Bonchev–Trinajstić information content (AvgIpc) is 2.46. The highest BCUT2D eigenvalue weighted by molar-refractivity contribution is 6.31. The molecule has 0 aromatic heterocycles. The summed E-state index contributed by atoms with van der Waals surface area (Å²) in [7, 11) is 0. The minimum atomic E-state index is 0.474. The van der Waals surface area contributed by atoms with Crippen molar-refractivity contribution in [2.45, 2.75) is 71.5 Å². The third-order valence-electron chi connectivity index (χ3n) is 4.34. The molecule has 2 nitrogen and oxygen atoms in total. The highest BCUT2D eigenvalue weighted by atomic mass is 35.5. The van der Waals surface area contributed by atoms with Gasteiger partial charge in [-0.2, -0.15) is 0 Å². The van der Waals surface area contributed by atoms with Crippen LogP contribution in [-0.4, -0.2) is 18.6 Å². The van der Waals surface area contributed by atoms with Crippen molar-refractivity contribution in [3.8, 4) is 0 Å². The van der Waals surface area contributed by atoms with Crippen LogP contribution in [0.4, 0.5) is 5.69 Å². The van der Waals surface area contributed by atoms with Crippen LogP contribution in [0.3, 0.4) is 0 Å². The Morgan fingerprint density at radius 1 is 1.33 bits per heavy atom. The van der Waals surface area contributed by atoms with E-state index >= 15 is 0 Å². The fraction of sp³-hybridized carbons (Fsp3) is 0.667. The SMILES string of the molecule is CCCC1CCCCN1c1cccc(Cl)c1CNC(C)C. The maximum Gasteiger partial charge on any atom is 0.0471 e. The van der Waals surface area contributed by atoms with Crippen molar-refractivity contribution < 1.29 is 0 Å². The number of rotatable bonds is 6. The van der Waals surface area contributed by atoms with Crippen molar-refractivity contribution >= 4 is 17.3 Å². The first-order valence-corrected chi connectivity index (χ1v) is 8.78. The summed E-state index contributed by atoms with van der Waals surface area (Å²) in [5.74, 6) is 0. The van der Waals surface area contributed by atoms with Crippen LogP contribution >= 0.6 is 11.6 Å². The molecule has 1 fully saturated rings. The first kappa shape index (κ1) is 16.6. The van der Waals surface area contributed by atoms with Gasteiger partial charge in [-0.05, 0) is 37.8 Å². The third kappa shape index (κ3) is 4.37. The van der Waals surface area contributed by atoms with Gasteiger partial charge in [0.15, 0.2) is 0 Å². The molecule has 0 saturated carbocycles. The zero-order valence-electron chi connectivity index (χ0n) is 13.7. The van der Waals surface area contributed by atoms with E-state index in [1.165, 1.54) is 49.9 Å². The van der Waals surface area contributed by atoms with E-state index < -0.39 is 0 Å². The Morgan fingerprint density at radius 3 is 2.86 bits per heavy atom. The zero-order valence-corrected chi connectivity index (χ0v) is 14.4. The number of hydrogen-bond donors (Lipinski definition) is 1. The minimum Gasteiger partial charge on any atom is -0.368 e. The van der Waals surface area contributed by atoms with Crippen molar-refractivity contribution in [2.75, 3.05) is 11.4 Å². The highest BCUT2D eigenvalue weighted by Gasteiger charge is 2.24. The predicted octanol–water partition coefficient (Wildman–Crippen LogP) is 5.00. The lowest BCUT2D eigenvalue weighted by molar-refractivity contribution is 0.433. The lowest BCUT2D eigenvalue weighted by atomic mass is 9.96. The first-order valence-electron chi connectivity index (χ1n) is 8.41.